The number of anilines is 1. The van der Waals surface area contributed by atoms with Crippen LogP contribution < -0.4 is 14.8 Å². The Morgan fingerprint density at radius 3 is 2.30 bits per heavy atom. The number of methoxy groups -OCH3 is 2. The Morgan fingerprint density at radius 1 is 0.880 bits per heavy atom. The fourth-order valence-electron chi connectivity index (χ4n) is 6.66. The van der Waals surface area contributed by atoms with Crippen molar-refractivity contribution in [3.8, 4) is 11.5 Å². The van der Waals surface area contributed by atoms with Crippen LogP contribution in [0.25, 0.3) is 0 Å². The van der Waals surface area contributed by atoms with Crippen LogP contribution in [0.15, 0.2) is 72.8 Å². The van der Waals surface area contributed by atoms with Crippen LogP contribution in [0.1, 0.15) is 69.1 Å². The van der Waals surface area contributed by atoms with Crippen LogP contribution in [0.5, 0.6) is 11.5 Å². The maximum atomic E-state index is 13.3. The van der Waals surface area contributed by atoms with Crippen LogP contribution in [0.3, 0.4) is 0 Å². The van der Waals surface area contributed by atoms with Crippen molar-refractivity contribution >= 4 is 17.7 Å². The number of carbonyl (C=O) groups is 2. The smallest absolute Gasteiger partial charge is 0.407 e. The molecular weight excluding hydrogens is 636 g/mol. The first-order valence-electron chi connectivity index (χ1n) is 17.5. The lowest BCUT2D eigenvalue weighted by Gasteiger charge is -2.49. The first-order chi connectivity index (χ1) is 24.1. The van der Waals surface area contributed by atoms with Crippen LogP contribution in [0.4, 0.5) is 10.5 Å². The van der Waals surface area contributed by atoms with Crippen molar-refractivity contribution in [2.75, 3.05) is 52.5 Å². The molecule has 1 aliphatic heterocycles. The lowest BCUT2D eigenvalue weighted by atomic mass is 9.73. The highest BCUT2D eigenvalue weighted by Gasteiger charge is 2.47. The van der Waals surface area contributed by atoms with E-state index in [0.29, 0.717) is 39.4 Å². The van der Waals surface area contributed by atoms with Crippen molar-refractivity contribution in [3.05, 3.63) is 89.5 Å². The number of amides is 2. The van der Waals surface area contributed by atoms with Gasteiger partial charge in [-0.1, -0.05) is 69.3 Å². The molecule has 2 N–H and O–H groups in total. The van der Waals surface area contributed by atoms with E-state index in [9.17, 15) is 14.7 Å². The highest BCUT2D eigenvalue weighted by molar-refractivity contribution is 5.92. The number of nitrogens with zero attached hydrogens (tertiary/aromatic N) is 1. The minimum Gasteiger partial charge on any atom is -0.496 e. The third kappa shape index (κ3) is 11.2. The number of benzene rings is 3. The second-order valence-electron chi connectivity index (χ2n) is 13.7. The van der Waals surface area contributed by atoms with Crippen molar-refractivity contribution in [2.24, 2.45) is 5.41 Å². The summed E-state index contributed by atoms with van der Waals surface area (Å²) in [5, 5.41) is 13.2. The van der Waals surface area contributed by atoms with E-state index in [-0.39, 0.29) is 18.4 Å². The number of piperidine rings is 1. The van der Waals surface area contributed by atoms with E-state index >= 15 is 0 Å². The van der Waals surface area contributed by atoms with E-state index in [1.54, 1.807) is 14.2 Å². The van der Waals surface area contributed by atoms with Crippen LogP contribution in [-0.4, -0.2) is 81.3 Å². The van der Waals surface area contributed by atoms with Gasteiger partial charge in [0.2, 0.25) is 5.91 Å². The van der Waals surface area contributed by atoms with E-state index in [1.165, 1.54) is 4.90 Å². The van der Waals surface area contributed by atoms with E-state index in [1.807, 2.05) is 93.6 Å². The number of carbonyl (C=O) groups excluding carboxylic acids is 1. The zero-order valence-electron chi connectivity index (χ0n) is 30.2. The molecule has 0 aromatic heterocycles. The average Bonchev–Trinajstić information content (AvgIpc) is 3.11. The van der Waals surface area contributed by atoms with Gasteiger partial charge in [0.25, 0.3) is 0 Å². The zero-order valence-corrected chi connectivity index (χ0v) is 30.2. The summed E-state index contributed by atoms with van der Waals surface area (Å²) in [6.45, 7) is 8.46. The molecule has 1 fully saturated rings. The number of ether oxygens (including phenoxy) is 5. The molecule has 0 radical (unpaired) electrons. The van der Waals surface area contributed by atoms with Gasteiger partial charge in [0.1, 0.15) is 18.1 Å². The molecule has 2 amide bonds. The van der Waals surface area contributed by atoms with E-state index in [2.05, 4.69) is 5.32 Å². The van der Waals surface area contributed by atoms with Gasteiger partial charge in [0.15, 0.2) is 0 Å². The second kappa shape index (κ2) is 19.3. The maximum Gasteiger partial charge on any atom is 0.407 e. The van der Waals surface area contributed by atoms with Gasteiger partial charge in [-0.15, -0.1) is 0 Å². The third-order valence-corrected chi connectivity index (χ3v) is 9.06. The summed E-state index contributed by atoms with van der Waals surface area (Å²) in [6, 6.07) is 23.0. The van der Waals surface area contributed by atoms with Gasteiger partial charge in [-0.05, 0) is 66.5 Å². The molecule has 0 aliphatic carbocycles. The summed E-state index contributed by atoms with van der Waals surface area (Å²) in [4.78, 5) is 27.2. The Balaban J connectivity index is 1.38. The monoisotopic (exact) mass is 690 g/mol. The molecule has 1 aliphatic rings. The standard InChI is InChI=1S/C40H54N2O8/c1-40(2,3)38-37(50-28-36(43)41-34-16-8-6-13-30(34)14-10-11-24-46-4)33(22-23-42(38)39(44)45)29-18-20-32(21-19-29)49-26-12-25-48-27-31-15-7-9-17-35(31)47-5/h6-9,13,15-21,33,37-38H,10-12,14,22-28H2,1-5H3,(H,41,43)(H,44,45). The van der Waals surface area contributed by atoms with E-state index in [4.69, 9.17) is 23.7 Å². The maximum absolute atomic E-state index is 13.3. The molecule has 3 aromatic rings. The Morgan fingerprint density at radius 2 is 1.60 bits per heavy atom. The minimum atomic E-state index is -0.987. The minimum absolute atomic E-state index is 0.117. The summed E-state index contributed by atoms with van der Waals surface area (Å²) in [5.41, 5.74) is 3.40. The number of likely N-dealkylation sites (tertiary alicyclic amines) is 1. The zero-order chi connectivity index (χ0) is 35.9. The van der Waals surface area contributed by atoms with Crippen molar-refractivity contribution < 1.29 is 38.4 Å². The van der Waals surface area contributed by atoms with Gasteiger partial charge >= 0.3 is 6.09 Å². The summed E-state index contributed by atoms with van der Waals surface area (Å²) in [6.07, 6.45) is 2.48. The van der Waals surface area contributed by atoms with E-state index in [0.717, 1.165) is 59.6 Å². The molecule has 10 heteroatoms. The Labute approximate surface area is 297 Å². The lowest BCUT2D eigenvalue weighted by molar-refractivity contribution is -0.129. The summed E-state index contributed by atoms with van der Waals surface area (Å²) < 4.78 is 28.8. The summed E-state index contributed by atoms with van der Waals surface area (Å²) >= 11 is 0. The molecule has 272 valence electrons. The van der Waals surface area contributed by atoms with Crippen LogP contribution >= 0.6 is 0 Å². The van der Waals surface area contributed by atoms with Crippen LogP contribution in [0.2, 0.25) is 0 Å². The fourth-order valence-corrected chi connectivity index (χ4v) is 6.66. The number of aryl methyl sites for hydroxylation is 1. The number of unbranched alkanes of at least 4 members (excludes halogenated alkanes) is 1. The summed E-state index contributed by atoms with van der Waals surface area (Å²) in [5.74, 6) is 1.16. The van der Waals surface area contributed by atoms with Crippen LogP contribution in [-0.2, 0) is 32.0 Å². The Kier molecular flexibility index (Phi) is 14.9. The molecule has 3 unspecified atom stereocenters. The number of rotatable bonds is 18. The second-order valence-corrected chi connectivity index (χ2v) is 13.7. The largest absolute Gasteiger partial charge is 0.496 e. The highest BCUT2D eigenvalue weighted by atomic mass is 16.5. The van der Waals surface area contributed by atoms with Crippen molar-refractivity contribution in [1.29, 1.82) is 0 Å². The number of hydrogen-bond donors (Lipinski definition) is 2. The molecule has 3 atom stereocenters. The molecule has 3 aromatic carbocycles. The molecular formula is C40H54N2O8. The number of para-hydroxylation sites is 2. The van der Waals surface area contributed by atoms with Gasteiger partial charge in [0, 0.05) is 43.9 Å². The van der Waals surface area contributed by atoms with Crippen molar-refractivity contribution in [1.82, 2.24) is 4.90 Å². The number of carboxylic acid groups (broad SMARTS) is 1. The van der Waals surface area contributed by atoms with Crippen molar-refractivity contribution in [3.63, 3.8) is 0 Å². The molecule has 0 spiro atoms. The summed E-state index contributed by atoms with van der Waals surface area (Å²) in [7, 11) is 3.35. The first kappa shape index (κ1) is 38.7. The lowest BCUT2D eigenvalue weighted by Crippen LogP contribution is -2.60. The van der Waals surface area contributed by atoms with Gasteiger partial charge in [0.05, 0.1) is 39.1 Å². The van der Waals surface area contributed by atoms with Crippen LogP contribution in [0, 0.1) is 5.41 Å². The molecule has 1 saturated heterocycles. The predicted octanol–water partition coefficient (Wildman–Crippen LogP) is 7.56. The highest BCUT2D eigenvalue weighted by Crippen LogP contribution is 2.41. The van der Waals surface area contributed by atoms with E-state index < -0.39 is 23.7 Å². The SMILES string of the molecule is COCCCCc1ccccc1NC(=O)COC1C(c2ccc(OCCCOCc3ccccc3OC)cc2)CCN(C(=O)O)C1C(C)(C)C. The molecule has 0 bridgehead atoms. The average molecular weight is 691 g/mol. The van der Waals surface area contributed by atoms with Crippen molar-refractivity contribution in [2.45, 2.75) is 77.5 Å². The number of hydrogen-bond acceptors (Lipinski definition) is 7. The molecule has 10 nitrogen and oxygen atoms in total. The first-order valence-corrected chi connectivity index (χ1v) is 17.5. The Bertz CT molecular complexity index is 1490. The van der Waals surface area contributed by atoms with Gasteiger partial charge in [-0.2, -0.15) is 0 Å². The molecule has 1 heterocycles. The quantitative estimate of drug-likeness (QED) is 0.132. The fraction of sp³-hybridized carbons (Fsp3) is 0.500. The predicted molar refractivity (Wildman–Crippen MR) is 194 cm³/mol. The van der Waals surface area contributed by atoms with Gasteiger partial charge in [-0.3, -0.25) is 4.79 Å². The topological polar surface area (TPSA) is 116 Å². The van der Waals surface area contributed by atoms with Gasteiger partial charge < -0.3 is 39.0 Å². The van der Waals surface area contributed by atoms with Gasteiger partial charge in [-0.25, -0.2) is 4.79 Å². The molecule has 0 saturated carbocycles. The third-order valence-electron chi connectivity index (χ3n) is 9.06. The Hall–Kier alpha value is -4.12. The normalized spacial score (nSPS) is 17.7. The molecule has 50 heavy (non-hydrogen) atoms. The molecule has 4 rings (SSSR count). The number of nitrogens with one attached hydrogen (secondary N) is 1.